The van der Waals surface area contributed by atoms with Gasteiger partial charge in [-0.2, -0.15) is 0 Å². The second-order valence-corrected chi connectivity index (χ2v) is 6.90. The molecule has 0 radical (unpaired) electrons. The largest absolute Gasteiger partial charge is 0.478 e. The van der Waals surface area contributed by atoms with Crippen molar-refractivity contribution in [1.29, 1.82) is 0 Å². The molecule has 29 heavy (non-hydrogen) atoms. The van der Waals surface area contributed by atoms with Gasteiger partial charge in [-0.1, -0.05) is 48.5 Å². The van der Waals surface area contributed by atoms with Crippen molar-refractivity contribution in [2.75, 3.05) is 12.0 Å². The van der Waals surface area contributed by atoms with E-state index in [0.717, 1.165) is 16.8 Å². The van der Waals surface area contributed by atoms with Crippen molar-refractivity contribution < 1.29 is 19.1 Å². The Kier molecular flexibility index (Phi) is 5.04. The second-order valence-electron chi connectivity index (χ2n) is 6.90. The van der Waals surface area contributed by atoms with Crippen LogP contribution >= 0.6 is 0 Å². The summed E-state index contributed by atoms with van der Waals surface area (Å²) in [5, 5.41) is 0. The van der Waals surface area contributed by atoms with E-state index in [4.69, 9.17) is 9.47 Å². The Morgan fingerprint density at radius 3 is 2.21 bits per heavy atom. The highest BCUT2D eigenvalue weighted by molar-refractivity contribution is 6.06. The number of carbonyl (C=O) groups is 2. The molecule has 1 saturated heterocycles. The van der Waals surface area contributed by atoms with Crippen molar-refractivity contribution in [3.05, 3.63) is 95.6 Å². The molecule has 1 fully saturated rings. The van der Waals surface area contributed by atoms with Gasteiger partial charge >= 0.3 is 5.97 Å². The highest BCUT2D eigenvalue weighted by Gasteiger charge is 2.51. The van der Waals surface area contributed by atoms with Crippen molar-refractivity contribution in [3.63, 3.8) is 0 Å². The molecule has 4 rings (SSSR count). The van der Waals surface area contributed by atoms with Crippen molar-refractivity contribution >= 4 is 17.6 Å². The average molecular weight is 387 g/mol. The minimum Gasteiger partial charge on any atom is -0.478 e. The maximum atomic E-state index is 13.1. The van der Waals surface area contributed by atoms with E-state index < -0.39 is 12.1 Å². The molecule has 5 heteroatoms. The molecule has 5 nitrogen and oxygen atoms in total. The number of hydrogen-bond donors (Lipinski definition) is 0. The van der Waals surface area contributed by atoms with Gasteiger partial charge in [0.25, 0.3) is 5.91 Å². The lowest BCUT2D eigenvalue weighted by Gasteiger charge is -2.47. The fraction of sp³-hybridized carbons (Fsp3) is 0.167. The Labute approximate surface area is 169 Å². The molecule has 0 aliphatic carbocycles. The Morgan fingerprint density at radius 1 is 0.897 bits per heavy atom. The third kappa shape index (κ3) is 3.47. The van der Waals surface area contributed by atoms with Crippen molar-refractivity contribution in [3.8, 4) is 5.75 Å². The molecule has 0 bridgehead atoms. The maximum Gasteiger partial charge on any atom is 0.337 e. The van der Waals surface area contributed by atoms with Crippen LogP contribution in [-0.4, -0.2) is 25.1 Å². The number of nitrogens with zero attached hydrogens (tertiary/aromatic N) is 1. The molecule has 2 unspecified atom stereocenters. The number of methoxy groups -OCH3 is 1. The Hall–Kier alpha value is -3.60. The van der Waals surface area contributed by atoms with Crippen LogP contribution in [0.15, 0.2) is 78.9 Å². The predicted molar refractivity (Wildman–Crippen MR) is 110 cm³/mol. The van der Waals surface area contributed by atoms with Gasteiger partial charge in [0.15, 0.2) is 0 Å². The lowest BCUT2D eigenvalue weighted by atomic mass is 9.88. The predicted octanol–water partition coefficient (Wildman–Crippen LogP) is 4.32. The lowest BCUT2D eigenvalue weighted by Crippen LogP contribution is -2.61. The number of esters is 1. The second kappa shape index (κ2) is 7.80. The maximum absolute atomic E-state index is 13.1. The molecule has 1 heterocycles. The summed E-state index contributed by atoms with van der Waals surface area (Å²) in [4.78, 5) is 26.6. The molecule has 1 amide bonds. The minimum atomic E-state index is -0.638. The van der Waals surface area contributed by atoms with Gasteiger partial charge in [-0.15, -0.1) is 0 Å². The van der Waals surface area contributed by atoms with E-state index in [1.807, 2.05) is 73.7 Å². The highest BCUT2D eigenvalue weighted by Crippen LogP contribution is 2.42. The summed E-state index contributed by atoms with van der Waals surface area (Å²) in [5.74, 6) is 0.158. The summed E-state index contributed by atoms with van der Waals surface area (Å²) in [6.07, 6.45) is -0.638. The number of hydrogen-bond acceptors (Lipinski definition) is 4. The molecule has 3 aromatic carbocycles. The SMILES string of the molecule is COC(=O)c1ccc(C2C(Oc3ccccc3)C(=O)N2c2ccccc2C)cc1. The summed E-state index contributed by atoms with van der Waals surface area (Å²) in [7, 11) is 1.35. The van der Waals surface area contributed by atoms with Crippen LogP contribution in [0.5, 0.6) is 5.75 Å². The van der Waals surface area contributed by atoms with Gasteiger partial charge in [-0.25, -0.2) is 4.79 Å². The number of para-hydroxylation sites is 2. The minimum absolute atomic E-state index is 0.0924. The molecule has 0 aromatic heterocycles. The van der Waals surface area contributed by atoms with Gasteiger partial charge in [-0.3, -0.25) is 9.69 Å². The van der Waals surface area contributed by atoms with Crippen LogP contribution in [0, 0.1) is 6.92 Å². The molecule has 146 valence electrons. The monoisotopic (exact) mass is 387 g/mol. The summed E-state index contributed by atoms with van der Waals surface area (Å²) < 4.78 is 10.8. The van der Waals surface area contributed by atoms with Crippen LogP contribution in [0.1, 0.15) is 27.5 Å². The topological polar surface area (TPSA) is 55.8 Å². The first-order valence-electron chi connectivity index (χ1n) is 9.39. The van der Waals surface area contributed by atoms with Crippen LogP contribution in [0.2, 0.25) is 0 Å². The third-order valence-corrected chi connectivity index (χ3v) is 5.10. The standard InChI is InChI=1S/C24H21NO4/c1-16-8-6-7-11-20(16)25-21(17-12-14-18(15-13-17)24(27)28-2)22(23(25)26)29-19-9-4-3-5-10-19/h3-15,21-22H,1-2H3. The van der Waals surface area contributed by atoms with E-state index in [1.54, 1.807) is 17.0 Å². The smallest absolute Gasteiger partial charge is 0.337 e. The number of amides is 1. The van der Waals surface area contributed by atoms with E-state index in [0.29, 0.717) is 11.3 Å². The van der Waals surface area contributed by atoms with Crippen LogP contribution in [0.4, 0.5) is 5.69 Å². The molecule has 0 N–H and O–H groups in total. The van der Waals surface area contributed by atoms with Crippen LogP contribution < -0.4 is 9.64 Å². The summed E-state index contributed by atoms with van der Waals surface area (Å²) in [6, 6.07) is 23.9. The van der Waals surface area contributed by atoms with Gasteiger partial charge in [-0.05, 0) is 48.4 Å². The Bertz CT molecular complexity index is 1030. The summed E-state index contributed by atoms with van der Waals surface area (Å²) >= 11 is 0. The summed E-state index contributed by atoms with van der Waals surface area (Å²) in [5.41, 5.74) is 3.22. The number of carbonyl (C=O) groups excluding carboxylic acids is 2. The molecule has 1 aliphatic rings. The number of ether oxygens (including phenoxy) is 2. The third-order valence-electron chi connectivity index (χ3n) is 5.10. The zero-order valence-corrected chi connectivity index (χ0v) is 16.2. The van der Waals surface area contributed by atoms with E-state index in [1.165, 1.54) is 7.11 Å². The highest BCUT2D eigenvalue weighted by atomic mass is 16.5. The molecule has 1 aliphatic heterocycles. The van der Waals surface area contributed by atoms with Gasteiger partial charge in [0.2, 0.25) is 6.10 Å². The van der Waals surface area contributed by atoms with Gasteiger partial charge in [0, 0.05) is 5.69 Å². The lowest BCUT2D eigenvalue weighted by molar-refractivity contribution is -0.135. The zero-order chi connectivity index (χ0) is 20.4. The molecular weight excluding hydrogens is 366 g/mol. The van der Waals surface area contributed by atoms with Gasteiger partial charge < -0.3 is 9.47 Å². The molecule has 2 atom stereocenters. The number of anilines is 1. The molecule has 0 saturated carbocycles. The van der Waals surface area contributed by atoms with E-state index in [2.05, 4.69) is 0 Å². The van der Waals surface area contributed by atoms with Gasteiger partial charge in [0.05, 0.1) is 12.7 Å². The normalized spacial score (nSPS) is 18.1. The van der Waals surface area contributed by atoms with E-state index in [9.17, 15) is 9.59 Å². The van der Waals surface area contributed by atoms with Crippen LogP contribution in [-0.2, 0) is 9.53 Å². The van der Waals surface area contributed by atoms with Crippen molar-refractivity contribution in [2.45, 2.75) is 19.1 Å². The fourth-order valence-corrected chi connectivity index (χ4v) is 3.58. The summed E-state index contributed by atoms with van der Waals surface area (Å²) in [6.45, 7) is 1.98. The van der Waals surface area contributed by atoms with E-state index in [-0.39, 0.29) is 11.9 Å². The zero-order valence-electron chi connectivity index (χ0n) is 16.2. The fourth-order valence-electron chi connectivity index (χ4n) is 3.58. The Balaban J connectivity index is 1.70. The van der Waals surface area contributed by atoms with Gasteiger partial charge in [0.1, 0.15) is 11.8 Å². The molecule has 0 spiro atoms. The first-order valence-corrected chi connectivity index (χ1v) is 9.39. The Morgan fingerprint density at radius 2 is 1.55 bits per heavy atom. The average Bonchev–Trinajstić information content (AvgIpc) is 2.77. The van der Waals surface area contributed by atoms with E-state index >= 15 is 0 Å². The number of rotatable bonds is 5. The number of benzene rings is 3. The van der Waals surface area contributed by atoms with Crippen molar-refractivity contribution in [2.24, 2.45) is 0 Å². The van der Waals surface area contributed by atoms with Crippen LogP contribution in [0.3, 0.4) is 0 Å². The number of β-lactam (4-membered cyclic amide) rings is 1. The van der Waals surface area contributed by atoms with Crippen molar-refractivity contribution in [1.82, 2.24) is 0 Å². The molecular formula is C24H21NO4. The van der Waals surface area contributed by atoms with Crippen LogP contribution in [0.25, 0.3) is 0 Å². The quantitative estimate of drug-likeness (QED) is 0.483. The molecule has 3 aromatic rings. The number of aryl methyl sites for hydroxylation is 1. The first kappa shape index (κ1) is 18.7. The first-order chi connectivity index (χ1) is 14.1.